The Labute approximate surface area is 188 Å². The van der Waals surface area contributed by atoms with Crippen molar-refractivity contribution in [3.05, 3.63) is 59.9 Å². The molecule has 32 heavy (non-hydrogen) atoms. The lowest BCUT2D eigenvalue weighted by molar-refractivity contribution is -0.126. The smallest absolute Gasteiger partial charge is 0.243 e. The van der Waals surface area contributed by atoms with E-state index in [-0.39, 0.29) is 41.3 Å². The zero-order valence-electron chi connectivity index (χ0n) is 17.9. The van der Waals surface area contributed by atoms with Gasteiger partial charge in [0.2, 0.25) is 26.0 Å². The highest BCUT2D eigenvalue weighted by Crippen LogP contribution is 2.24. The standard InChI is InChI=1S/C21H26FN3O5S2/c1-24(2)31(27,28)19-7-3-16(4-8-19)15-23-21(26)17-11-13-25(14-12-17)32(29,30)20-9-5-18(22)6-10-20/h3-10,17H,11-15H2,1-2H3,(H,23,26). The summed E-state index contributed by atoms with van der Waals surface area (Å²) in [7, 11) is -4.32. The van der Waals surface area contributed by atoms with Crippen molar-refractivity contribution < 1.29 is 26.0 Å². The number of hydrogen-bond donors (Lipinski definition) is 1. The maximum Gasteiger partial charge on any atom is 0.243 e. The Balaban J connectivity index is 1.53. The summed E-state index contributed by atoms with van der Waals surface area (Å²) in [6, 6.07) is 11.0. The van der Waals surface area contributed by atoms with E-state index in [1.807, 2.05) is 0 Å². The Bertz CT molecular complexity index is 1160. The molecule has 0 unspecified atom stereocenters. The minimum Gasteiger partial charge on any atom is -0.352 e. The molecule has 1 aliphatic heterocycles. The van der Waals surface area contributed by atoms with E-state index >= 15 is 0 Å². The molecule has 8 nitrogen and oxygen atoms in total. The van der Waals surface area contributed by atoms with Gasteiger partial charge < -0.3 is 5.32 Å². The zero-order chi connectivity index (χ0) is 23.5. The molecule has 0 radical (unpaired) electrons. The van der Waals surface area contributed by atoms with E-state index in [2.05, 4.69) is 5.32 Å². The highest BCUT2D eigenvalue weighted by molar-refractivity contribution is 7.89. The number of carbonyl (C=O) groups excluding carboxylic acids is 1. The van der Waals surface area contributed by atoms with Crippen molar-refractivity contribution in [3.8, 4) is 0 Å². The molecule has 0 atom stereocenters. The molecule has 0 aliphatic carbocycles. The molecule has 0 saturated carbocycles. The van der Waals surface area contributed by atoms with Gasteiger partial charge in [0, 0.05) is 39.6 Å². The van der Waals surface area contributed by atoms with Crippen LogP contribution in [0.3, 0.4) is 0 Å². The number of piperidine rings is 1. The number of nitrogens with zero attached hydrogens (tertiary/aromatic N) is 2. The van der Waals surface area contributed by atoms with Crippen LogP contribution < -0.4 is 5.32 Å². The van der Waals surface area contributed by atoms with E-state index < -0.39 is 25.9 Å². The molecule has 1 N–H and O–H groups in total. The van der Waals surface area contributed by atoms with Gasteiger partial charge in [-0.3, -0.25) is 4.79 Å². The van der Waals surface area contributed by atoms with E-state index in [1.54, 1.807) is 12.1 Å². The Morgan fingerprint density at radius 2 is 1.50 bits per heavy atom. The molecule has 3 rings (SSSR count). The Kier molecular flexibility index (Phi) is 7.33. The first-order valence-corrected chi connectivity index (χ1v) is 12.9. The third-order valence-electron chi connectivity index (χ3n) is 5.44. The van der Waals surface area contributed by atoms with E-state index in [0.717, 1.165) is 22.0 Å². The molecule has 1 amide bonds. The number of rotatable bonds is 7. The third-order valence-corrected chi connectivity index (χ3v) is 9.19. The zero-order valence-corrected chi connectivity index (χ0v) is 19.5. The second-order valence-electron chi connectivity index (χ2n) is 7.78. The molecule has 11 heteroatoms. The van der Waals surface area contributed by atoms with Crippen LogP contribution in [-0.2, 0) is 31.4 Å². The molecule has 0 spiro atoms. The molecule has 2 aromatic carbocycles. The van der Waals surface area contributed by atoms with Crippen molar-refractivity contribution in [1.29, 1.82) is 0 Å². The lowest BCUT2D eigenvalue weighted by Gasteiger charge is -2.30. The number of hydrogen-bond acceptors (Lipinski definition) is 5. The van der Waals surface area contributed by atoms with E-state index in [1.165, 1.54) is 42.7 Å². The number of amides is 1. The average Bonchev–Trinajstić information content (AvgIpc) is 2.78. The van der Waals surface area contributed by atoms with Gasteiger partial charge in [0.1, 0.15) is 5.82 Å². The molecular formula is C21H26FN3O5S2. The van der Waals surface area contributed by atoms with Crippen LogP contribution in [0.2, 0.25) is 0 Å². The lowest BCUT2D eigenvalue weighted by Crippen LogP contribution is -2.42. The molecule has 1 heterocycles. The van der Waals surface area contributed by atoms with Gasteiger partial charge in [-0.15, -0.1) is 0 Å². The van der Waals surface area contributed by atoms with Gasteiger partial charge in [0.05, 0.1) is 9.79 Å². The summed E-state index contributed by atoms with van der Waals surface area (Å²) in [4.78, 5) is 12.7. The quantitative estimate of drug-likeness (QED) is 0.647. The van der Waals surface area contributed by atoms with Crippen LogP contribution in [0.5, 0.6) is 0 Å². The average molecular weight is 484 g/mol. The van der Waals surface area contributed by atoms with Gasteiger partial charge in [-0.05, 0) is 54.8 Å². The summed E-state index contributed by atoms with van der Waals surface area (Å²) >= 11 is 0. The number of benzene rings is 2. The van der Waals surface area contributed by atoms with Crippen LogP contribution in [0, 0.1) is 11.7 Å². The summed E-state index contributed by atoms with van der Waals surface area (Å²) in [5.74, 6) is -0.995. The molecule has 1 aliphatic rings. The van der Waals surface area contributed by atoms with Gasteiger partial charge in [-0.1, -0.05) is 12.1 Å². The van der Waals surface area contributed by atoms with Crippen LogP contribution in [0.4, 0.5) is 4.39 Å². The van der Waals surface area contributed by atoms with Crippen molar-refractivity contribution in [2.24, 2.45) is 5.92 Å². The van der Waals surface area contributed by atoms with E-state index in [9.17, 15) is 26.0 Å². The number of halogens is 1. The van der Waals surface area contributed by atoms with Crippen LogP contribution in [0.15, 0.2) is 58.3 Å². The Morgan fingerprint density at radius 1 is 0.969 bits per heavy atom. The summed E-state index contributed by atoms with van der Waals surface area (Å²) < 4.78 is 65.1. The summed E-state index contributed by atoms with van der Waals surface area (Å²) in [5, 5.41) is 2.83. The molecule has 174 valence electrons. The minimum absolute atomic E-state index is 0.0292. The Morgan fingerprint density at radius 3 is 2.03 bits per heavy atom. The second kappa shape index (κ2) is 9.65. The number of nitrogens with one attached hydrogen (secondary N) is 1. The lowest BCUT2D eigenvalue weighted by atomic mass is 9.97. The molecule has 1 saturated heterocycles. The largest absolute Gasteiger partial charge is 0.352 e. The highest BCUT2D eigenvalue weighted by atomic mass is 32.2. The molecule has 0 bridgehead atoms. The van der Waals surface area contributed by atoms with Crippen molar-refractivity contribution in [3.63, 3.8) is 0 Å². The number of carbonyl (C=O) groups is 1. The summed E-state index contributed by atoms with van der Waals surface area (Å²) in [6.07, 6.45) is 0.762. The van der Waals surface area contributed by atoms with Crippen molar-refractivity contribution in [2.45, 2.75) is 29.2 Å². The maximum absolute atomic E-state index is 13.1. The highest BCUT2D eigenvalue weighted by Gasteiger charge is 2.32. The molecule has 0 aromatic heterocycles. The van der Waals surface area contributed by atoms with E-state index in [4.69, 9.17) is 0 Å². The van der Waals surface area contributed by atoms with Gasteiger partial charge in [-0.2, -0.15) is 4.31 Å². The van der Waals surface area contributed by atoms with Crippen molar-refractivity contribution in [2.75, 3.05) is 27.2 Å². The number of sulfonamides is 2. The predicted molar refractivity (Wildman–Crippen MR) is 117 cm³/mol. The maximum atomic E-state index is 13.1. The van der Waals surface area contributed by atoms with Crippen LogP contribution >= 0.6 is 0 Å². The fourth-order valence-corrected chi connectivity index (χ4v) is 5.81. The van der Waals surface area contributed by atoms with Crippen LogP contribution in [0.1, 0.15) is 18.4 Å². The molecule has 2 aromatic rings. The van der Waals surface area contributed by atoms with Gasteiger partial charge >= 0.3 is 0 Å². The third kappa shape index (κ3) is 5.34. The normalized spacial score (nSPS) is 16.2. The topological polar surface area (TPSA) is 104 Å². The first-order valence-electron chi connectivity index (χ1n) is 10.1. The second-order valence-corrected chi connectivity index (χ2v) is 11.9. The van der Waals surface area contributed by atoms with Crippen molar-refractivity contribution in [1.82, 2.24) is 13.9 Å². The van der Waals surface area contributed by atoms with Gasteiger partial charge in [0.25, 0.3) is 0 Å². The summed E-state index contributed by atoms with van der Waals surface area (Å²) in [5.41, 5.74) is 0.757. The monoisotopic (exact) mass is 483 g/mol. The van der Waals surface area contributed by atoms with Crippen LogP contribution in [-0.4, -0.2) is 58.5 Å². The van der Waals surface area contributed by atoms with Crippen molar-refractivity contribution >= 4 is 26.0 Å². The van der Waals surface area contributed by atoms with Crippen LogP contribution in [0.25, 0.3) is 0 Å². The predicted octanol–water partition coefficient (Wildman–Crippen LogP) is 1.79. The first-order chi connectivity index (χ1) is 15.0. The van der Waals surface area contributed by atoms with E-state index in [0.29, 0.717) is 12.8 Å². The molecular weight excluding hydrogens is 457 g/mol. The van der Waals surface area contributed by atoms with Gasteiger partial charge in [0.15, 0.2) is 0 Å². The fourth-order valence-electron chi connectivity index (χ4n) is 3.44. The van der Waals surface area contributed by atoms with Gasteiger partial charge in [-0.25, -0.2) is 25.5 Å². The Hall–Kier alpha value is -2.34. The minimum atomic E-state index is -3.72. The SMILES string of the molecule is CN(C)S(=O)(=O)c1ccc(CNC(=O)C2CCN(S(=O)(=O)c3ccc(F)cc3)CC2)cc1. The fraction of sp³-hybridized carbons (Fsp3) is 0.381. The molecule has 1 fully saturated rings. The summed E-state index contributed by atoms with van der Waals surface area (Å²) in [6.45, 7) is 0.652. The first kappa shape index (κ1) is 24.3.